The molecule has 0 amide bonds. The Hall–Kier alpha value is -1.97. The highest BCUT2D eigenvalue weighted by molar-refractivity contribution is 7.52. The fourth-order valence-electron chi connectivity index (χ4n) is 2.13. The second-order valence-electron chi connectivity index (χ2n) is 4.52. The maximum absolute atomic E-state index is 13.4. The summed E-state index contributed by atoms with van der Waals surface area (Å²) in [6.07, 6.45) is 0. The van der Waals surface area contributed by atoms with Gasteiger partial charge in [-0.05, 0) is 23.6 Å². The van der Waals surface area contributed by atoms with Crippen LogP contribution in [0, 0.1) is 5.82 Å². The number of pyridine rings is 1. The van der Waals surface area contributed by atoms with Crippen molar-refractivity contribution in [1.82, 2.24) is 4.98 Å². The van der Waals surface area contributed by atoms with Crippen LogP contribution in [-0.2, 0) is 4.57 Å². The van der Waals surface area contributed by atoms with Gasteiger partial charge in [0, 0.05) is 17.4 Å². The lowest BCUT2D eigenvalue weighted by Gasteiger charge is -2.12. The summed E-state index contributed by atoms with van der Waals surface area (Å²) >= 11 is 0. The molecule has 0 bridgehead atoms. The average molecular weight is 291 g/mol. The number of aromatic nitrogens is 1. The zero-order chi connectivity index (χ0) is 14.3. The molecule has 102 valence electrons. The van der Waals surface area contributed by atoms with Gasteiger partial charge >= 0.3 is 7.60 Å². The van der Waals surface area contributed by atoms with Gasteiger partial charge in [-0.15, -0.1) is 0 Å². The van der Waals surface area contributed by atoms with Crippen LogP contribution < -0.4 is 4.52 Å². The van der Waals surface area contributed by atoms with E-state index in [1.165, 1.54) is 12.1 Å². The number of fused-ring (bicyclic) bond motifs is 3. The third-order valence-electron chi connectivity index (χ3n) is 2.88. The van der Waals surface area contributed by atoms with Gasteiger partial charge in [-0.1, -0.05) is 24.3 Å². The largest absolute Gasteiger partial charge is 0.405 e. The van der Waals surface area contributed by atoms with Crippen LogP contribution in [0.3, 0.4) is 0 Å². The number of hydrogen-bond acceptors (Lipinski definition) is 3. The van der Waals surface area contributed by atoms with Crippen LogP contribution in [0.5, 0.6) is 5.88 Å². The first-order chi connectivity index (χ1) is 9.44. The van der Waals surface area contributed by atoms with E-state index in [-0.39, 0.29) is 5.88 Å². The van der Waals surface area contributed by atoms with E-state index in [1.807, 2.05) is 12.1 Å². The van der Waals surface area contributed by atoms with Gasteiger partial charge in [0.15, 0.2) is 0 Å². The minimum absolute atomic E-state index is 0.0356. The van der Waals surface area contributed by atoms with E-state index >= 15 is 0 Å². The van der Waals surface area contributed by atoms with Gasteiger partial charge in [0.2, 0.25) is 5.88 Å². The molecule has 0 aliphatic heterocycles. The van der Waals surface area contributed by atoms with Crippen LogP contribution in [0.15, 0.2) is 42.5 Å². The van der Waals surface area contributed by atoms with Gasteiger partial charge in [0.25, 0.3) is 0 Å². The Balaban J connectivity index is 2.41. The molecule has 0 radical (unpaired) electrons. The highest BCUT2D eigenvalue weighted by atomic mass is 31.2. The minimum Gasteiger partial charge on any atom is -0.405 e. The first-order valence-electron chi connectivity index (χ1n) is 5.92. The predicted octanol–water partition coefficient (Wildman–Crippen LogP) is 3.72. The molecule has 0 fully saturated rings. The minimum atomic E-state index is -3.77. The number of nitrogens with zero attached hydrogens (tertiary/aromatic N) is 1. The quantitative estimate of drug-likeness (QED) is 0.577. The van der Waals surface area contributed by atoms with Crippen LogP contribution in [0.4, 0.5) is 4.39 Å². The number of para-hydroxylation sites is 1. The zero-order valence-corrected chi connectivity index (χ0v) is 11.5. The van der Waals surface area contributed by atoms with Crippen molar-refractivity contribution in [3.8, 4) is 5.88 Å². The van der Waals surface area contributed by atoms with Crippen molar-refractivity contribution in [2.75, 3.05) is 6.66 Å². The molecule has 0 spiro atoms. The van der Waals surface area contributed by atoms with Crippen LogP contribution >= 0.6 is 7.60 Å². The normalized spacial score (nSPS) is 14.3. The van der Waals surface area contributed by atoms with Crippen molar-refractivity contribution >= 4 is 29.3 Å². The molecule has 3 rings (SSSR count). The van der Waals surface area contributed by atoms with E-state index in [0.717, 1.165) is 17.4 Å². The summed E-state index contributed by atoms with van der Waals surface area (Å²) in [5.41, 5.74) is 0.620. The fraction of sp³-hybridized carbons (Fsp3) is 0.0714. The summed E-state index contributed by atoms with van der Waals surface area (Å²) in [5, 5.41) is 1.93. The van der Waals surface area contributed by atoms with E-state index in [4.69, 9.17) is 4.52 Å². The lowest BCUT2D eigenvalue weighted by molar-refractivity contribution is 0.384. The Bertz CT molecular complexity index is 860. The van der Waals surface area contributed by atoms with Crippen molar-refractivity contribution in [2.24, 2.45) is 0 Å². The Morgan fingerprint density at radius 1 is 1.15 bits per heavy atom. The standard InChI is InChI=1S/C14H11FNO3P/c1-20(17,18)19-14-12-8-9(15)6-7-10(12)11-4-2-3-5-13(11)16-14/h2-8H,1H3,(H,17,18). The SMILES string of the molecule is CP(=O)(O)Oc1nc2ccccc2c2ccc(F)cc12. The van der Waals surface area contributed by atoms with E-state index in [1.54, 1.807) is 18.2 Å². The highest BCUT2D eigenvalue weighted by Gasteiger charge is 2.17. The van der Waals surface area contributed by atoms with E-state index in [2.05, 4.69) is 4.98 Å². The Morgan fingerprint density at radius 2 is 1.90 bits per heavy atom. The van der Waals surface area contributed by atoms with Crippen LogP contribution in [0.1, 0.15) is 0 Å². The lowest BCUT2D eigenvalue weighted by Crippen LogP contribution is -1.95. The Morgan fingerprint density at radius 3 is 2.65 bits per heavy atom. The maximum Gasteiger partial charge on any atom is 0.374 e. The average Bonchev–Trinajstić information content (AvgIpc) is 2.37. The van der Waals surface area contributed by atoms with Crippen molar-refractivity contribution in [2.45, 2.75) is 0 Å². The summed E-state index contributed by atoms with van der Waals surface area (Å²) in [6.45, 7) is 1.06. The molecule has 0 aliphatic rings. The number of benzene rings is 2. The van der Waals surface area contributed by atoms with Gasteiger partial charge in [-0.25, -0.2) is 13.9 Å². The molecule has 1 atom stereocenters. The molecule has 6 heteroatoms. The zero-order valence-electron chi connectivity index (χ0n) is 10.6. The molecule has 1 unspecified atom stereocenters. The molecule has 0 saturated heterocycles. The van der Waals surface area contributed by atoms with Crippen LogP contribution in [-0.4, -0.2) is 16.5 Å². The summed E-state index contributed by atoms with van der Waals surface area (Å²) in [5.74, 6) is -0.491. The summed E-state index contributed by atoms with van der Waals surface area (Å²) in [7, 11) is -3.77. The molecule has 0 aliphatic carbocycles. The van der Waals surface area contributed by atoms with Crippen molar-refractivity contribution in [1.29, 1.82) is 0 Å². The van der Waals surface area contributed by atoms with Gasteiger partial charge in [0.05, 0.1) is 5.52 Å². The molecule has 1 aromatic heterocycles. The maximum atomic E-state index is 13.4. The Labute approximate surface area is 114 Å². The molecule has 3 aromatic rings. The third kappa shape index (κ3) is 2.38. The van der Waals surface area contributed by atoms with E-state index < -0.39 is 13.4 Å². The molecular formula is C14H11FNO3P. The van der Waals surface area contributed by atoms with Crippen molar-refractivity contribution < 1.29 is 18.4 Å². The van der Waals surface area contributed by atoms with Gasteiger partial charge < -0.3 is 9.42 Å². The predicted molar refractivity (Wildman–Crippen MR) is 75.6 cm³/mol. The van der Waals surface area contributed by atoms with E-state index in [9.17, 15) is 13.8 Å². The summed E-state index contributed by atoms with van der Waals surface area (Å²) in [6, 6.07) is 11.5. The molecular weight excluding hydrogens is 280 g/mol. The van der Waals surface area contributed by atoms with Crippen molar-refractivity contribution in [3.05, 3.63) is 48.3 Å². The van der Waals surface area contributed by atoms with Crippen LogP contribution in [0.25, 0.3) is 21.7 Å². The molecule has 1 N–H and O–H groups in total. The highest BCUT2D eigenvalue weighted by Crippen LogP contribution is 2.41. The number of rotatable bonds is 2. The Kier molecular flexibility index (Phi) is 2.96. The molecule has 0 saturated carbocycles. The molecule has 4 nitrogen and oxygen atoms in total. The second kappa shape index (κ2) is 4.54. The molecule has 20 heavy (non-hydrogen) atoms. The van der Waals surface area contributed by atoms with Gasteiger partial charge in [-0.3, -0.25) is 0 Å². The van der Waals surface area contributed by atoms with Gasteiger partial charge in [-0.2, -0.15) is 0 Å². The van der Waals surface area contributed by atoms with Crippen molar-refractivity contribution in [3.63, 3.8) is 0 Å². The summed E-state index contributed by atoms with van der Waals surface area (Å²) < 4.78 is 29.9. The lowest BCUT2D eigenvalue weighted by atomic mass is 10.1. The summed E-state index contributed by atoms with van der Waals surface area (Å²) in [4.78, 5) is 13.6. The third-order valence-corrected chi connectivity index (χ3v) is 3.40. The number of halogens is 1. The monoisotopic (exact) mass is 291 g/mol. The first-order valence-corrected chi connectivity index (χ1v) is 7.94. The number of hydrogen-bond donors (Lipinski definition) is 1. The smallest absolute Gasteiger partial charge is 0.374 e. The first kappa shape index (κ1) is 13.0. The molecule has 1 heterocycles. The topological polar surface area (TPSA) is 59.4 Å². The van der Waals surface area contributed by atoms with Crippen LogP contribution in [0.2, 0.25) is 0 Å². The van der Waals surface area contributed by atoms with Gasteiger partial charge in [0.1, 0.15) is 5.82 Å². The second-order valence-corrected chi connectivity index (χ2v) is 6.31. The van der Waals surface area contributed by atoms with E-state index in [0.29, 0.717) is 10.9 Å². The fourth-order valence-corrected chi connectivity index (χ4v) is 2.59. The molecule has 2 aromatic carbocycles.